The molecular formula is C14H19BrFNO. The fourth-order valence-electron chi connectivity index (χ4n) is 2.32. The molecule has 1 heterocycles. The standard InChI is InChI=1S/C14H19BrFNO/c1-10(11-4-6-18-7-5-11)17-9-12-2-3-13(16)8-14(12)15/h2-3,8,10-11,17H,4-7,9H2,1H3. The molecule has 1 atom stereocenters. The van der Waals surface area contributed by atoms with Gasteiger partial charge in [-0.1, -0.05) is 22.0 Å². The Morgan fingerprint density at radius 3 is 2.83 bits per heavy atom. The van der Waals surface area contributed by atoms with Crippen LogP contribution in [0, 0.1) is 11.7 Å². The zero-order valence-electron chi connectivity index (χ0n) is 10.6. The molecule has 4 heteroatoms. The highest BCUT2D eigenvalue weighted by atomic mass is 79.9. The van der Waals surface area contributed by atoms with Crippen LogP contribution in [0.1, 0.15) is 25.3 Å². The Labute approximate surface area is 116 Å². The molecular weight excluding hydrogens is 297 g/mol. The van der Waals surface area contributed by atoms with Crippen molar-refractivity contribution < 1.29 is 9.13 Å². The van der Waals surface area contributed by atoms with E-state index >= 15 is 0 Å². The second-order valence-electron chi connectivity index (χ2n) is 4.86. The summed E-state index contributed by atoms with van der Waals surface area (Å²) in [7, 11) is 0. The Morgan fingerprint density at radius 1 is 1.44 bits per heavy atom. The summed E-state index contributed by atoms with van der Waals surface area (Å²) in [5, 5.41) is 3.52. The second kappa shape index (κ2) is 6.64. The van der Waals surface area contributed by atoms with Gasteiger partial charge in [0.1, 0.15) is 5.82 Å². The van der Waals surface area contributed by atoms with Crippen molar-refractivity contribution in [1.82, 2.24) is 5.32 Å². The van der Waals surface area contributed by atoms with E-state index in [1.165, 1.54) is 12.1 Å². The highest BCUT2D eigenvalue weighted by Crippen LogP contribution is 2.21. The molecule has 0 amide bonds. The number of rotatable bonds is 4. The molecule has 0 aliphatic carbocycles. The molecule has 1 aromatic carbocycles. The summed E-state index contributed by atoms with van der Waals surface area (Å²) in [6, 6.07) is 5.30. The minimum atomic E-state index is -0.205. The van der Waals surface area contributed by atoms with Gasteiger partial charge in [0, 0.05) is 30.3 Å². The Balaban J connectivity index is 1.86. The van der Waals surface area contributed by atoms with Crippen LogP contribution in [0.15, 0.2) is 22.7 Å². The van der Waals surface area contributed by atoms with Crippen LogP contribution >= 0.6 is 15.9 Å². The molecule has 1 aliphatic rings. The number of benzene rings is 1. The van der Waals surface area contributed by atoms with Crippen LogP contribution in [0.5, 0.6) is 0 Å². The molecule has 100 valence electrons. The van der Waals surface area contributed by atoms with Gasteiger partial charge in [-0.3, -0.25) is 0 Å². The predicted molar refractivity (Wildman–Crippen MR) is 73.9 cm³/mol. The van der Waals surface area contributed by atoms with Crippen molar-refractivity contribution in [3.8, 4) is 0 Å². The van der Waals surface area contributed by atoms with Gasteiger partial charge in [0.2, 0.25) is 0 Å². The van der Waals surface area contributed by atoms with E-state index < -0.39 is 0 Å². The molecule has 1 N–H and O–H groups in total. The number of ether oxygens (including phenoxy) is 1. The van der Waals surface area contributed by atoms with E-state index in [9.17, 15) is 4.39 Å². The van der Waals surface area contributed by atoms with Crippen molar-refractivity contribution in [1.29, 1.82) is 0 Å². The minimum Gasteiger partial charge on any atom is -0.381 e. The molecule has 0 bridgehead atoms. The molecule has 1 saturated heterocycles. The molecule has 0 radical (unpaired) electrons. The molecule has 1 fully saturated rings. The lowest BCUT2D eigenvalue weighted by atomic mass is 9.93. The van der Waals surface area contributed by atoms with Gasteiger partial charge in [-0.15, -0.1) is 0 Å². The van der Waals surface area contributed by atoms with Gasteiger partial charge < -0.3 is 10.1 Å². The summed E-state index contributed by atoms with van der Waals surface area (Å²) >= 11 is 3.39. The van der Waals surface area contributed by atoms with E-state index in [2.05, 4.69) is 28.2 Å². The Hall–Kier alpha value is -0.450. The van der Waals surface area contributed by atoms with Crippen molar-refractivity contribution >= 4 is 15.9 Å². The zero-order valence-corrected chi connectivity index (χ0v) is 12.2. The molecule has 18 heavy (non-hydrogen) atoms. The molecule has 1 unspecified atom stereocenters. The maximum absolute atomic E-state index is 13.0. The summed E-state index contributed by atoms with van der Waals surface area (Å²) in [6.07, 6.45) is 2.25. The van der Waals surface area contributed by atoms with Crippen molar-refractivity contribution in [2.24, 2.45) is 5.92 Å². The summed E-state index contributed by atoms with van der Waals surface area (Å²) in [5.41, 5.74) is 1.09. The van der Waals surface area contributed by atoms with Crippen LogP contribution in [0.3, 0.4) is 0 Å². The van der Waals surface area contributed by atoms with Crippen LogP contribution in [0.25, 0.3) is 0 Å². The molecule has 2 rings (SSSR count). The zero-order chi connectivity index (χ0) is 13.0. The predicted octanol–water partition coefficient (Wildman–Crippen LogP) is 3.49. The van der Waals surface area contributed by atoms with Gasteiger partial charge in [-0.05, 0) is 43.4 Å². The van der Waals surface area contributed by atoms with Gasteiger partial charge in [-0.2, -0.15) is 0 Å². The minimum absolute atomic E-state index is 0.205. The van der Waals surface area contributed by atoms with E-state index in [1.807, 2.05) is 6.07 Å². The van der Waals surface area contributed by atoms with Crippen LogP contribution in [0.2, 0.25) is 0 Å². The van der Waals surface area contributed by atoms with Gasteiger partial charge in [0.15, 0.2) is 0 Å². The largest absolute Gasteiger partial charge is 0.381 e. The van der Waals surface area contributed by atoms with Crippen molar-refractivity contribution in [3.63, 3.8) is 0 Å². The van der Waals surface area contributed by atoms with E-state index in [0.717, 1.165) is 42.6 Å². The number of hydrogen-bond donors (Lipinski definition) is 1. The first-order valence-corrected chi connectivity index (χ1v) is 7.21. The first kappa shape index (κ1) is 14.0. The van der Waals surface area contributed by atoms with E-state index in [1.54, 1.807) is 0 Å². The first-order chi connectivity index (χ1) is 8.66. The fourth-order valence-corrected chi connectivity index (χ4v) is 2.81. The highest BCUT2D eigenvalue weighted by Gasteiger charge is 2.20. The average molecular weight is 316 g/mol. The third kappa shape index (κ3) is 3.77. The van der Waals surface area contributed by atoms with E-state index in [0.29, 0.717) is 12.0 Å². The van der Waals surface area contributed by atoms with E-state index in [4.69, 9.17) is 4.74 Å². The lowest BCUT2D eigenvalue weighted by Gasteiger charge is -2.28. The summed E-state index contributed by atoms with van der Waals surface area (Å²) < 4.78 is 19.2. The summed E-state index contributed by atoms with van der Waals surface area (Å²) in [5.74, 6) is 0.473. The monoisotopic (exact) mass is 315 g/mol. The van der Waals surface area contributed by atoms with Crippen LogP contribution in [0.4, 0.5) is 4.39 Å². The fraction of sp³-hybridized carbons (Fsp3) is 0.571. The molecule has 1 aromatic rings. The third-order valence-corrected chi connectivity index (χ3v) is 4.34. The topological polar surface area (TPSA) is 21.3 Å². The van der Waals surface area contributed by atoms with Crippen LogP contribution in [-0.2, 0) is 11.3 Å². The maximum atomic E-state index is 13.0. The summed E-state index contributed by atoms with van der Waals surface area (Å²) in [4.78, 5) is 0. The highest BCUT2D eigenvalue weighted by molar-refractivity contribution is 9.10. The SMILES string of the molecule is CC(NCc1ccc(F)cc1Br)C1CCOCC1. The molecule has 1 aliphatic heterocycles. The number of nitrogens with one attached hydrogen (secondary N) is 1. The van der Waals surface area contributed by atoms with Crippen molar-refractivity contribution in [3.05, 3.63) is 34.1 Å². The van der Waals surface area contributed by atoms with Gasteiger partial charge >= 0.3 is 0 Å². The van der Waals surface area contributed by atoms with Crippen LogP contribution in [-0.4, -0.2) is 19.3 Å². The summed E-state index contributed by atoms with van der Waals surface area (Å²) in [6.45, 7) is 4.72. The van der Waals surface area contributed by atoms with Gasteiger partial charge in [-0.25, -0.2) is 4.39 Å². The molecule has 0 spiro atoms. The lowest BCUT2D eigenvalue weighted by molar-refractivity contribution is 0.0558. The van der Waals surface area contributed by atoms with Gasteiger partial charge in [0.25, 0.3) is 0 Å². The Bertz CT molecular complexity index is 393. The van der Waals surface area contributed by atoms with E-state index in [-0.39, 0.29) is 5.82 Å². The molecule has 0 aromatic heterocycles. The second-order valence-corrected chi connectivity index (χ2v) is 5.71. The van der Waals surface area contributed by atoms with Gasteiger partial charge in [0.05, 0.1) is 0 Å². The smallest absolute Gasteiger partial charge is 0.124 e. The Kier molecular flexibility index (Phi) is 5.15. The first-order valence-electron chi connectivity index (χ1n) is 6.42. The maximum Gasteiger partial charge on any atom is 0.124 e. The van der Waals surface area contributed by atoms with Crippen LogP contribution < -0.4 is 5.32 Å². The number of halogens is 2. The lowest BCUT2D eigenvalue weighted by Crippen LogP contribution is -2.36. The third-order valence-electron chi connectivity index (χ3n) is 3.60. The quantitative estimate of drug-likeness (QED) is 0.918. The van der Waals surface area contributed by atoms with Crippen molar-refractivity contribution in [2.45, 2.75) is 32.4 Å². The molecule has 0 saturated carbocycles. The number of hydrogen-bond acceptors (Lipinski definition) is 2. The molecule has 2 nitrogen and oxygen atoms in total. The Morgan fingerprint density at radius 2 is 2.17 bits per heavy atom. The van der Waals surface area contributed by atoms with Crippen molar-refractivity contribution in [2.75, 3.05) is 13.2 Å². The normalized spacial score (nSPS) is 18.8. The average Bonchev–Trinajstić information content (AvgIpc) is 2.38.